The number of ether oxygens (including phenoxy) is 3. The summed E-state index contributed by atoms with van der Waals surface area (Å²) in [5.74, 6) is -0.442. The van der Waals surface area contributed by atoms with E-state index in [0.29, 0.717) is 10.7 Å². The van der Waals surface area contributed by atoms with Crippen LogP contribution in [-0.4, -0.2) is 29.3 Å². The summed E-state index contributed by atoms with van der Waals surface area (Å²) in [4.78, 5) is 15.5. The normalized spacial score (nSPS) is 22.1. The Labute approximate surface area is 110 Å². The predicted octanol–water partition coefficient (Wildman–Crippen LogP) is 2.53. The number of hydrogen-bond acceptors (Lipinski definition) is 6. The highest BCUT2D eigenvalue weighted by atomic mass is 32.1. The largest absolute Gasteiger partial charge is 0.464 e. The van der Waals surface area contributed by atoms with Crippen molar-refractivity contribution in [1.29, 1.82) is 0 Å². The standard InChI is InChI=1S/C12H17NO4S/c1-11(2)12(3,4)17-10(16-11)7-6-18-8(13-7)9(14)15-5/h6,10H,1-5H3. The molecule has 0 amide bonds. The molecule has 5 nitrogen and oxygen atoms in total. The molecule has 1 saturated heterocycles. The number of carbonyl (C=O) groups is 1. The maximum Gasteiger partial charge on any atom is 0.367 e. The van der Waals surface area contributed by atoms with Gasteiger partial charge in [0.25, 0.3) is 0 Å². The minimum atomic E-state index is -0.537. The van der Waals surface area contributed by atoms with Crippen molar-refractivity contribution in [2.75, 3.05) is 7.11 Å². The van der Waals surface area contributed by atoms with E-state index in [2.05, 4.69) is 9.72 Å². The molecule has 1 aromatic heterocycles. The molecule has 0 bridgehead atoms. The molecule has 2 heterocycles. The smallest absolute Gasteiger partial charge is 0.367 e. The maximum absolute atomic E-state index is 11.3. The second kappa shape index (κ2) is 4.29. The first kappa shape index (κ1) is 13.5. The summed E-state index contributed by atoms with van der Waals surface area (Å²) < 4.78 is 16.3. The Morgan fingerprint density at radius 2 is 1.89 bits per heavy atom. The molecule has 0 saturated carbocycles. The molecule has 1 aliphatic rings. The molecule has 1 fully saturated rings. The van der Waals surface area contributed by atoms with E-state index in [9.17, 15) is 4.79 Å². The molecule has 0 unspecified atom stereocenters. The summed E-state index contributed by atoms with van der Waals surface area (Å²) in [6.07, 6.45) is -0.537. The van der Waals surface area contributed by atoms with Gasteiger partial charge in [-0.3, -0.25) is 0 Å². The van der Waals surface area contributed by atoms with Gasteiger partial charge >= 0.3 is 5.97 Å². The molecule has 100 valence electrons. The third kappa shape index (κ3) is 2.15. The number of thiazole rings is 1. The molecule has 0 N–H and O–H groups in total. The number of hydrogen-bond donors (Lipinski definition) is 0. The maximum atomic E-state index is 11.3. The van der Waals surface area contributed by atoms with Gasteiger partial charge in [0.2, 0.25) is 11.3 Å². The van der Waals surface area contributed by atoms with E-state index >= 15 is 0 Å². The van der Waals surface area contributed by atoms with Crippen LogP contribution in [-0.2, 0) is 14.2 Å². The van der Waals surface area contributed by atoms with Gasteiger partial charge in [0, 0.05) is 5.38 Å². The Balaban J connectivity index is 2.20. The Bertz CT molecular complexity index is 450. The van der Waals surface area contributed by atoms with Crippen LogP contribution in [0.2, 0.25) is 0 Å². The zero-order chi connectivity index (χ0) is 13.6. The lowest BCUT2D eigenvalue weighted by atomic mass is 9.90. The summed E-state index contributed by atoms with van der Waals surface area (Å²) in [6.45, 7) is 7.89. The number of rotatable bonds is 2. The Kier molecular flexibility index (Phi) is 3.21. The van der Waals surface area contributed by atoms with Gasteiger partial charge in [0.15, 0.2) is 0 Å². The highest BCUT2D eigenvalue weighted by Crippen LogP contribution is 2.44. The van der Waals surface area contributed by atoms with Gasteiger partial charge < -0.3 is 14.2 Å². The summed E-state index contributed by atoms with van der Waals surface area (Å²) in [5.41, 5.74) is -0.210. The van der Waals surface area contributed by atoms with E-state index in [1.54, 1.807) is 5.38 Å². The van der Waals surface area contributed by atoms with E-state index in [4.69, 9.17) is 9.47 Å². The Morgan fingerprint density at radius 1 is 1.33 bits per heavy atom. The lowest BCUT2D eigenvalue weighted by molar-refractivity contribution is -0.0919. The van der Waals surface area contributed by atoms with E-state index in [-0.39, 0.29) is 0 Å². The molecular weight excluding hydrogens is 254 g/mol. The molecular formula is C12H17NO4S. The SMILES string of the molecule is COC(=O)c1nc(C2OC(C)(C)C(C)(C)O2)cs1. The van der Waals surface area contributed by atoms with Crippen molar-refractivity contribution in [3.8, 4) is 0 Å². The number of aromatic nitrogens is 1. The lowest BCUT2D eigenvalue weighted by Gasteiger charge is -2.30. The molecule has 18 heavy (non-hydrogen) atoms. The van der Waals surface area contributed by atoms with Crippen molar-refractivity contribution >= 4 is 17.3 Å². The van der Waals surface area contributed by atoms with Crippen molar-refractivity contribution in [2.45, 2.75) is 45.2 Å². The highest BCUT2D eigenvalue weighted by Gasteiger charge is 2.50. The molecule has 6 heteroatoms. The fourth-order valence-electron chi connectivity index (χ4n) is 1.54. The molecule has 0 aliphatic carbocycles. The number of esters is 1. The van der Waals surface area contributed by atoms with Gasteiger partial charge in [-0.2, -0.15) is 0 Å². The zero-order valence-electron chi connectivity index (χ0n) is 11.1. The Morgan fingerprint density at radius 3 is 2.39 bits per heavy atom. The molecule has 0 spiro atoms. The van der Waals surface area contributed by atoms with Crippen LogP contribution in [0.4, 0.5) is 0 Å². The monoisotopic (exact) mass is 271 g/mol. The van der Waals surface area contributed by atoms with Gasteiger partial charge in [-0.05, 0) is 27.7 Å². The third-order valence-electron chi connectivity index (χ3n) is 3.38. The second-order valence-electron chi connectivity index (χ2n) is 5.16. The topological polar surface area (TPSA) is 57.7 Å². The zero-order valence-corrected chi connectivity index (χ0v) is 12.0. The highest BCUT2D eigenvalue weighted by molar-refractivity contribution is 7.11. The summed E-state index contributed by atoms with van der Waals surface area (Å²) in [7, 11) is 1.33. The molecule has 0 atom stereocenters. The van der Waals surface area contributed by atoms with Crippen molar-refractivity contribution in [1.82, 2.24) is 4.98 Å². The van der Waals surface area contributed by atoms with Crippen molar-refractivity contribution < 1.29 is 19.0 Å². The first-order chi connectivity index (χ1) is 8.27. The van der Waals surface area contributed by atoms with Crippen molar-refractivity contribution in [2.24, 2.45) is 0 Å². The number of methoxy groups -OCH3 is 1. The van der Waals surface area contributed by atoms with Crippen LogP contribution >= 0.6 is 11.3 Å². The Hall–Kier alpha value is -0.980. The van der Waals surface area contributed by atoms with Crippen LogP contribution in [0.1, 0.15) is 49.5 Å². The summed E-state index contributed by atoms with van der Waals surface area (Å²) >= 11 is 1.22. The van der Waals surface area contributed by atoms with E-state index in [0.717, 1.165) is 0 Å². The third-order valence-corrected chi connectivity index (χ3v) is 4.22. The van der Waals surface area contributed by atoms with Crippen LogP contribution in [0.15, 0.2) is 5.38 Å². The predicted molar refractivity (Wildman–Crippen MR) is 66.5 cm³/mol. The van der Waals surface area contributed by atoms with Gasteiger partial charge in [0.05, 0.1) is 18.3 Å². The van der Waals surface area contributed by atoms with Crippen molar-refractivity contribution in [3.05, 3.63) is 16.1 Å². The van der Waals surface area contributed by atoms with Crippen LogP contribution in [0.5, 0.6) is 0 Å². The minimum Gasteiger partial charge on any atom is -0.464 e. The molecule has 0 aromatic carbocycles. The fourth-order valence-corrected chi connectivity index (χ4v) is 2.27. The average molecular weight is 271 g/mol. The van der Waals surface area contributed by atoms with Crippen molar-refractivity contribution in [3.63, 3.8) is 0 Å². The minimum absolute atomic E-state index is 0.308. The van der Waals surface area contributed by atoms with Gasteiger partial charge in [-0.25, -0.2) is 9.78 Å². The van der Waals surface area contributed by atoms with Crippen LogP contribution < -0.4 is 0 Å². The van der Waals surface area contributed by atoms with Crippen LogP contribution in [0, 0.1) is 0 Å². The van der Waals surface area contributed by atoms with Gasteiger partial charge in [-0.15, -0.1) is 11.3 Å². The van der Waals surface area contributed by atoms with Gasteiger partial charge in [0.1, 0.15) is 5.69 Å². The molecule has 1 aliphatic heterocycles. The van der Waals surface area contributed by atoms with E-state index in [1.807, 2.05) is 27.7 Å². The average Bonchev–Trinajstić information content (AvgIpc) is 2.82. The second-order valence-corrected chi connectivity index (χ2v) is 6.02. The summed E-state index contributed by atoms with van der Waals surface area (Å²) in [6, 6.07) is 0. The number of nitrogens with zero attached hydrogens (tertiary/aromatic N) is 1. The quantitative estimate of drug-likeness (QED) is 0.774. The fraction of sp³-hybridized carbons (Fsp3) is 0.667. The summed E-state index contributed by atoms with van der Waals surface area (Å²) in [5, 5.41) is 2.07. The van der Waals surface area contributed by atoms with Crippen LogP contribution in [0.3, 0.4) is 0 Å². The number of carbonyl (C=O) groups excluding carboxylic acids is 1. The molecule has 1 aromatic rings. The first-order valence-electron chi connectivity index (χ1n) is 5.66. The molecule has 0 radical (unpaired) electrons. The van der Waals surface area contributed by atoms with Crippen LogP contribution in [0.25, 0.3) is 0 Å². The van der Waals surface area contributed by atoms with E-state index in [1.165, 1.54) is 18.4 Å². The lowest BCUT2D eigenvalue weighted by Crippen LogP contribution is -2.41. The molecule has 2 rings (SSSR count). The first-order valence-corrected chi connectivity index (χ1v) is 6.54. The van der Waals surface area contributed by atoms with Gasteiger partial charge in [-0.1, -0.05) is 0 Å². The van der Waals surface area contributed by atoms with E-state index < -0.39 is 23.5 Å².